The predicted octanol–water partition coefficient (Wildman–Crippen LogP) is 2.92. The maximum absolute atomic E-state index is 10.7. The molecule has 0 bridgehead atoms. The first kappa shape index (κ1) is 13.8. The fraction of sp³-hybridized carbons (Fsp3) is 0.214. The van der Waals surface area contributed by atoms with Crippen LogP contribution in [0.25, 0.3) is 0 Å². The number of pyridine rings is 1. The van der Waals surface area contributed by atoms with E-state index in [0.717, 1.165) is 11.3 Å². The number of hydrogen-bond acceptors (Lipinski definition) is 5. The summed E-state index contributed by atoms with van der Waals surface area (Å²) in [5.74, 6) is 0.444. The number of anilines is 1. The van der Waals surface area contributed by atoms with Gasteiger partial charge in [0.05, 0.1) is 23.8 Å². The van der Waals surface area contributed by atoms with Crippen molar-refractivity contribution in [2.24, 2.45) is 0 Å². The van der Waals surface area contributed by atoms with Crippen LogP contribution in [0.4, 0.5) is 11.4 Å². The molecule has 1 heterocycles. The standard InChI is InChI=1S/C14H15N3O3/c1-10-3-4-11(8-15-10)9-16-13-6-5-12(17(18)19)7-14(13)20-2/h3-8,16H,9H2,1-2H3. The van der Waals surface area contributed by atoms with E-state index in [2.05, 4.69) is 10.3 Å². The zero-order valence-corrected chi connectivity index (χ0v) is 11.3. The lowest BCUT2D eigenvalue weighted by Crippen LogP contribution is -2.02. The zero-order valence-electron chi connectivity index (χ0n) is 11.3. The number of nitro benzene ring substituents is 1. The summed E-state index contributed by atoms with van der Waals surface area (Å²) in [5.41, 5.74) is 2.70. The molecule has 0 amide bonds. The lowest BCUT2D eigenvalue weighted by atomic mass is 10.2. The molecule has 104 valence electrons. The Balaban J connectivity index is 2.12. The van der Waals surface area contributed by atoms with Crippen LogP contribution >= 0.6 is 0 Å². The van der Waals surface area contributed by atoms with Gasteiger partial charge in [0.1, 0.15) is 5.75 Å². The number of nitrogens with zero attached hydrogens (tertiary/aromatic N) is 2. The Morgan fingerprint density at radius 3 is 2.75 bits per heavy atom. The number of nitro groups is 1. The van der Waals surface area contributed by atoms with Crippen LogP contribution in [0.1, 0.15) is 11.3 Å². The number of methoxy groups -OCH3 is 1. The fourth-order valence-corrected chi connectivity index (χ4v) is 1.74. The fourth-order valence-electron chi connectivity index (χ4n) is 1.74. The van der Waals surface area contributed by atoms with Gasteiger partial charge in [0.25, 0.3) is 5.69 Å². The topological polar surface area (TPSA) is 77.3 Å². The molecule has 1 aromatic heterocycles. The highest BCUT2D eigenvalue weighted by atomic mass is 16.6. The molecular formula is C14H15N3O3. The Morgan fingerprint density at radius 1 is 1.35 bits per heavy atom. The summed E-state index contributed by atoms with van der Waals surface area (Å²) in [5, 5.41) is 13.9. The van der Waals surface area contributed by atoms with E-state index in [1.807, 2.05) is 19.1 Å². The second-order valence-electron chi connectivity index (χ2n) is 4.30. The van der Waals surface area contributed by atoms with Crippen LogP contribution in [0, 0.1) is 17.0 Å². The highest BCUT2D eigenvalue weighted by Gasteiger charge is 2.11. The van der Waals surface area contributed by atoms with Gasteiger partial charge in [-0.3, -0.25) is 15.1 Å². The predicted molar refractivity (Wildman–Crippen MR) is 75.9 cm³/mol. The molecule has 0 unspecified atom stereocenters. The molecule has 0 aliphatic rings. The van der Waals surface area contributed by atoms with Crippen molar-refractivity contribution < 1.29 is 9.66 Å². The number of aromatic nitrogens is 1. The van der Waals surface area contributed by atoms with Crippen molar-refractivity contribution >= 4 is 11.4 Å². The van der Waals surface area contributed by atoms with E-state index in [1.54, 1.807) is 12.3 Å². The maximum Gasteiger partial charge on any atom is 0.273 e. The number of rotatable bonds is 5. The molecule has 2 aromatic rings. The Hall–Kier alpha value is -2.63. The lowest BCUT2D eigenvalue weighted by Gasteiger charge is -2.11. The molecule has 1 N–H and O–H groups in total. The molecule has 0 saturated heterocycles. The molecule has 0 aliphatic carbocycles. The van der Waals surface area contributed by atoms with Gasteiger partial charge in [0, 0.05) is 24.5 Å². The van der Waals surface area contributed by atoms with Gasteiger partial charge < -0.3 is 10.1 Å². The minimum absolute atomic E-state index is 0.00408. The normalized spacial score (nSPS) is 10.1. The van der Waals surface area contributed by atoms with E-state index in [-0.39, 0.29) is 5.69 Å². The van der Waals surface area contributed by atoms with Crippen LogP contribution in [0.3, 0.4) is 0 Å². The molecule has 0 radical (unpaired) electrons. The maximum atomic E-state index is 10.7. The summed E-state index contributed by atoms with van der Waals surface area (Å²) in [6, 6.07) is 8.39. The van der Waals surface area contributed by atoms with Crippen molar-refractivity contribution in [1.82, 2.24) is 4.98 Å². The summed E-state index contributed by atoms with van der Waals surface area (Å²) in [6.45, 7) is 2.50. The highest BCUT2D eigenvalue weighted by molar-refractivity contribution is 5.60. The zero-order chi connectivity index (χ0) is 14.5. The Labute approximate surface area is 116 Å². The SMILES string of the molecule is COc1cc([N+](=O)[O-])ccc1NCc1ccc(C)nc1. The molecule has 20 heavy (non-hydrogen) atoms. The molecule has 6 nitrogen and oxygen atoms in total. The summed E-state index contributed by atoms with van der Waals surface area (Å²) in [6.07, 6.45) is 1.79. The minimum Gasteiger partial charge on any atom is -0.494 e. The minimum atomic E-state index is -0.448. The van der Waals surface area contributed by atoms with Gasteiger partial charge in [-0.25, -0.2) is 0 Å². The largest absolute Gasteiger partial charge is 0.494 e. The van der Waals surface area contributed by atoms with Gasteiger partial charge in [0.2, 0.25) is 0 Å². The molecule has 0 fully saturated rings. The number of ether oxygens (including phenoxy) is 1. The average Bonchev–Trinajstić information content (AvgIpc) is 2.46. The lowest BCUT2D eigenvalue weighted by molar-refractivity contribution is -0.384. The summed E-state index contributed by atoms with van der Waals surface area (Å²) < 4.78 is 5.16. The van der Waals surface area contributed by atoms with Gasteiger partial charge in [-0.1, -0.05) is 6.07 Å². The van der Waals surface area contributed by atoms with Crippen molar-refractivity contribution in [3.05, 3.63) is 57.9 Å². The van der Waals surface area contributed by atoms with E-state index in [1.165, 1.54) is 19.2 Å². The van der Waals surface area contributed by atoms with Crippen LogP contribution in [0.2, 0.25) is 0 Å². The van der Waals surface area contributed by atoms with E-state index in [0.29, 0.717) is 18.0 Å². The first-order valence-corrected chi connectivity index (χ1v) is 6.08. The van der Waals surface area contributed by atoms with E-state index in [4.69, 9.17) is 4.74 Å². The monoisotopic (exact) mass is 273 g/mol. The van der Waals surface area contributed by atoms with Crippen molar-refractivity contribution in [3.8, 4) is 5.75 Å². The van der Waals surface area contributed by atoms with E-state index in [9.17, 15) is 10.1 Å². The van der Waals surface area contributed by atoms with Crippen molar-refractivity contribution in [2.45, 2.75) is 13.5 Å². The van der Waals surface area contributed by atoms with Crippen LogP contribution in [-0.2, 0) is 6.54 Å². The molecule has 0 saturated carbocycles. The second-order valence-corrected chi connectivity index (χ2v) is 4.30. The molecule has 2 rings (SSSR count). The Kier molecular flexibility index (Phi) is 4.14. The van der Waals surface area contributed by atoms with Gasteiger partial charge in [0.15, 0.2) is 0 Å². The molecule has 0 spiro atoms. The molecule has 0 atom stereocenters. The third-order valence-corrected chi connectivity index (χ3v) is 2.85. The Bertz CT molecular complexity index is 612. The van der Waals surface area contributed by atoms with Crippen molar-refractivity contribution in [2.75, 3.05) is 12.4 Å². The van der Waals surface area contributed by atoms with E-state index >= 15 is 0 Å². The quantitative estimate of drug-likeness (QED) is 0.669. The van der Waals surface area contributed by atoms with Crippen molar-refractivity contribution in [3.63, 3.8) is 0 Å². The average molecular weight is 273 g/mol. The Morgan fingerprint density at radius 2 is 2.15 bits per heavy atom. The van der Waals surface area contributed by atoms with Gasteiger partial charge in [-0.15, -0.1) is 0 Å². The third-order valence-electron chi connectivity index (χ3n) is 2.85. The number of nitrogens with one attached hydrogen (secondary N) is 1. The van der Waals surface area contributed by atoms with Gasteiger partial charge in [-0.2, -0.15) is 0 Å². The molecule has 6 heteroatoms. The second kappa shape index (κ2) is 6.01. The van der Waals surface area contributed by atoms with Crippen LogP contribution < -0.4 is 10.1 Å². The van der Waals surface area contributed by atoms with E-state index < -0.39 is 4.92 Å². The first-order chi connectivity index (χ1) is 9.60. The number of aryl methyl sites for hydroxylation is 1. The van der Waals surface area contributed by atoms with Crippen molar-refractivity contribution in [1.29, 1.82) is 0 Å². The van der Waals surface area contributed by atoms with Gasteiger partial charge >= 0.3 is 0 Å². The summed E-state index contributed by atoms with van der Waals surface area (Å²) >= 11 is 0. The highest BCUT2D eigenvalue weighted by Crippen LogP contribution is 2.29. The smallest absolute Gasteiger partial charge is 0.273 e. The van der Waals surface area contributed by atoms with Gasteiger partial charge in [-0.05, 0) is 24.6 Å². The molecular weight excluding hydrogens is 258 g/mol. The molecule has 0 aliphatic heterocycles. The molecule has 1 aromatic carbocycles. The first-order valence-electron chi connectivity index (χ1n) is 6.08. The number of benzene rings is 1. The number of hydrogen-bond donors (Lipinski definition) is 1. The van der Waals surface area contributed by atoms with Crippen LogP contribution in [0.5, 0.6) is 5.75 Å². The summed E-state index contributed by atoms with van der Waals surface area (Å²) in [7, 11) is 1.48. The summed E-state index contributed by atoms with van der Waals surface area (Å²) in [4.78, 5) is 14.5. The number of non-ortho nitro benzene ring substituents is 1. The van der Waals surface area contributed by atoms with Crippen LogP contribution in [-0.4, -0.2) is 17.0 Å². The van der Waals surface area contributed by atoms with Crippen LogP contribution in [0.15, 0.2) is 36.5 Å². The third kappa shape index (κ3) is 3.23.